The molecule has 192 valence electrons. The van der Waals surface area contributed by atoms with E-state index in [2.05, 4.69) is 10.2 Å². The van der Waals surface area contributed by atoms with Crippen molar-refractivity contribution in [3.8, 4) is 0 Å². The molecule has 0 radical (unpaired) electrons. The first-order valence-corrected chi connectivity index (χ1v) is 14.5. The highest BCUT2D eigenvalue weighted by atomic mass is 35.5. The van der Waals surface area contributed by atoms with E-state index in [1.807, 2.05) is 26.0 Å². The van der Waals surface area contributed by atoms with Crippen LogP contribution in [-0.4, -0.2) is 62.0 Å². The molecule has 2 aromatic carbocycles. The fourth-order valence-electron chi connectivity index (χ4n) is 4.35. The third-order valence-electron chi connectivity index (χ3n) is 6.50. The lowest BCUT2D eigenvalue weighted by Crippen LogP contribution is -2.54. The standard InChI is InChI=1S/C24H29Cl4N3O3S/c1-16-15-30(10-11-31(16)35(3,33)34)9-8-24(2,18-5-7-20(26)22(28)13-18)23(32)29-14-17-4-6-19(25)21(27)12-17/h4-7,12-13,16H,8-11,14-15H2,1-3H3,(H,29,32)/t16-,24?/m1/s1. The first kappa shape index (κ1) is 28.5. The van der Waals surface area contributed by atoms with Crippen LogP contribution in [0.1, 0.15) is 31.4 Å². The van der Waals surface area contributed by atoms with Crippen LogP contribution in [0, 0.1) is 0 Å². The summed E-state index contributed by atoms with van der Waals surface area (Å²) < 4.78 is 25.5. The maximum atomic E-state index is 13.6. The van der Waals surface area contributed by atoms with Crippen molar-refractivity contribution in [3.63, 3.8) is 0 Å². The zero-order chi connectivity index (χ0) is 26.0. The van der Waals surface area contributed by atoms with Crippen molar-refractivity contribution in [1.82, 2.24) is 14.5 Å². The molecule has 2 aromatic rings. The summed E-state index contributed by atoms with van der Waals surface area (Å²) in [5, 5.41) is 4.69. The number of nitrogens with zero attached hydrogens (tertiary/aromatic N) is 2. The molecule has 1 fully saturated rings. The molecule has 1 aliphatic rings. The fourth-order valence-corrected chi connectivity index (χ4v) is 6.10. The minimum absolute atomic E-state index is 0.140. The molecule has 1 saturated heterocycles. The lowest BCUT2D eigenvalue weighted by atomic mass is 9.78. The van der Waals surface area contributed by atoms with E-state index in [-0.39, 0.29) is 18.5 Å². The number of carbonyl (C=O) groups is 1. The number of benzene rings is 2. The Hall–Kier alpha value is -1.06. The minimum atomic E-state index is -3.25. The molecule has 0 saturated carbocycles. The van der Waals surface area contributed by atoms with Crippen molar-refractivity contribution in [2.24, 2.45) is 0 Å². The third kappa shape index (κ3) is 7.04. The molecule has 0 aromatic heterocycles. The number of hydrogen-bond acceptors (Lipinski definition) is 4. The number of sulfonamides is 1. The Bertz CT molecular complexity index is 1190. The van der Waals surface area contributed by atoms with E-state index in [0.717, 1.165) is 11.1 Å². The predicted molar refractivity (Wildman–Crippen MR) is 144 cm³/mol. The molecular formula is C24H29Cl4N3O3S. The van der Waals surface area contributed by atoms with Crippen LogP contribution >= 0.6 is 46.4 Å². The van der Waals surface area contributed by atoms with E-state index in [4.69, 9.17) is 46.4 Å². The van der Waals surface area contributed by atoms with Gasteiger partial charge in [-0.1, -0.05) is 58.5 Å². The van der Waals surface area contributed by atoms with E-state index < -0.39 is 15.4 Å². The molecule has 2 atom stereocenters. The molecule has 0 aliphatic carbocycles. The maximum Gasteiger partial charge on any atom is 0.230 e. The largest absolute Gasteiger partial charge is 0.351 e. The first-order chi connectivity index (χ1) is 16.3. The lowest BCUT2D eigenvalue weighted by Gasteiger charge is -2.40. The van der Waals surface area contributed by atoms with Crippen LogP contribution in [0.4, 0.5) is 0 Å². The van der Waals surface area contributed by atoms with E-state index >= 15 is 0 Å². The SMILES string of the molecule is C[C@@H]1CN(CCC(C)(C(=O)NCc2ccc(Cl)c(Cl)c2)c2ccc(Cl)c(Cl)c2)CCN1S(C)(=O)=O. The first-order valence-electron chi connectivity index (χ1n) is 11.2. The van der Waals surface area contributed by atoms with Crippen LogP contribution in [-0.2, 0) is 26.8 Å². The molecule has 6 nitrogen and oxygen atoms in total. The molecule has 1 amide bonds. The Morgan fingerprint density at radius 1 is 1.03 bits per heavy atom. The molecule has 3 rings (SSSR count). The van der Waals surface area contributed by atoms with Gasteiger partial charge in [0.25, 0.3) is 0 Å². The topological polar surface area (TPSA) is 69.7 Å². The summed E-state index contributed by atoms with van der Waals surface area (Å²) >= 11 is 24.5. The van der Waals surface area contributed by atoms with Gasteiger partial charge in [-0.2, -0.15) is 4.31 Å². The van der Waals surface area contributed by atoms with Crippen molar-refractivity contribution in [3.05, 3.63) is 67.6 Å². The summed E-state index contributed by atoms with van der Waals surface area (Å²) in [6.07, 6.45) is 1.74. The number of nitrogens with one attached hydrogen (secondary N) is 1. The van der Waals surface area contributed by atoms with Crippen LogP contribution in [0.25, 0.3) is 0 Å². The van der Waals surface area contributed by atoms with E-state index in [1.165, 1.54) is 10.6 Å². The highest BCUT2D eigenvalue weighted by Crippen LogP contribution is 2.34. The molecule has 0 spiro atoms. The predicted octanol–water partition coefficient (Wildman–Crippen LogP) is 5.23. The van der Waals surface area contributed by atoms with E-state index in [1.54, 1.807) is 24.3 Å². The van der Waals surface area contributed by atoms with Crippen molar-refractivity contribution in [2.75, 3.05) is 32.4 Å². The normalized spacial score (nSPS) is 19.3. The molecular weight excluding hydrogens is 552 g/mol. The molecule has 1 aliphatic heterocycles. The second-order valence-corrected chi connectivity index (χ2v) is 12.7. The van der Waals surface area contributed by atoms with Gasteiger partial charge in [0.15, 0.2) is 0 Å². The van der Waals surface area contributed by atoms with Crippen LogP contribution < -0.4 is 5.32 Å². The fraction of sp³-hybridized carbons (Fsp3) is 0.458. The maximum absolute atomic E-state index is 13.6. The van der Waals surface area contributed by atoms with Crippen molar-refractivity contribution in [2.45, 2.75) is 38.3 Å². The molecule has 0 bridgehead atoms. The summed E-state index contributed by atoms with van der Waals surface area (Å²) in [5.41, 5.74) is 0.679. The van der Waals surface area contributed by atoms with E-state index in [9.17, 15) is 13.2 Å². The van der Waals surface area contributed by atoms with Crippen LogP contribution in [0.2, 0.25) is 20.1 Å². The van der Waals surface area contributed by atoms with Crippen LogP contribution in [0.15, 0.2) is 36.4 Å². The van der Waals surface area contributed by atoms with Gasteiger partial charge >= 0.3 is 0 Å². The number of piperazine rings is 1. The van der Waals surface area contributed by atoms with Crippen molar-refractivity contribution < 1.29 is 13.2 Å². The number of halogens is 4. The second-order valence-electron chi connectivity index (χ2n) is 9.17. The van der Waals surface area contributed by atoms with Gasteiger partial charge in [0.2, 0.25) is 15.9 Å². The molecule has 1 unspecified atom stereocenters. The summed E-state index contributed by atoms with van der Waals surface area (Å²) in [5.74, 6) is -0.162. The van der Waals surface area contributed by atoms with Crippen LogP contribution in [0.3, 0.4) is 0 Å². The monoisotopic (exact) mass is 579 g/mol. The Balaban J connectivity index is 1.77. The molecule has 1 heterocycles. The highest BCUT2D eigenvalue weighted by Gasteiger charge is 2.37. The molecule has 1 N–H and O–H groups in total. The highest BCUT2D eigenvalue weighted by molar-refractivity contribution is 7.88. The number of hydrogen-bond donors (Lipinski definition) is 1. The van der Waals surface area contributed by atoms with Gasteiger partial charge < -0.3 is 10.2 Å². The van der Waals surface area contributed by atoms with Gasteiger partial charge in [0.05, 0.1) is 31.8 Å². The zero-order valence-electron chi connectivity index (χ0n) is 19.8. The lowest BCUT2D eigenvalue weighted by molar-refractivity contribution is -0.126. The van der Waals surface area contributed by atoms with Crippen molar-refractivity contribution >= 4 is 62.3 Å². The zero-order valence-corrected chi connectivity index (χ0v) is 23.7. The number of carbonyl (C=O) groups excluding carboxylic acids is 1. The summed E-state index contributed by atoms with van der Waals surface area (Å²) in [6, 6.07) is 10.3. The van der Waals surface area contributed by atoms with Crippen molar-refractivity contribution in [1.29, 1.82) is 0 Å². The Morgan fingerprint density at radius 2 is 1.66 bits per heavy atom. The average Bonchev–Trinajstić information content (AvgIpc) is 2.79. The molecule has 35 heavy (non-hydrogen) atoms. The quantitative estimate of drug-likeness (QED) is 0.464. The Morgan fingerprint density at radius 3 is 2.23 bits per heavy atom. The number of amides is 1. The summed E-state index contributed by atoms with van der Waals surface area (Å²) in [4.78, 5) is 15.7. The minimum Gasteiger partial charge on any atom is -0.351 e. The van der Waals surface area contributed by atoms with Gasteiger partial charge in [0, 0.05) is 32.2 Å². The third-order valence-corrected chi connectivity index (χ3v) is 9.37. The van der Waals surface area contributed by atoms with E-state index in [0.29, 0.717) is 52.7 Å². The van der Waals surface area contributed by atoms with Gasteiger partial charge in [-0.3, -0.25) is 4.79 Å². The Labute approximate surface area is 227 Å². The van der Waals surface area contributed by atoms with Crippen LogP contribution in [0.5, 0.6) is 0 Å². The van der Waals surface area contributed by atoms with Gasteiger partial charge in [-0.25, -0.2) is 8.42 Å². The second kappa shape index (κ2) is 11.5. The number of rotatable bonds is 8. The van der Waals surface area contributed by atoms with Gasteiger partial charge in [-0.05, 0) is 62.2 Å². The average molecular weight is 581 g/mol. The van der Waals surface area contributed by atoms with Gasteiger partial charge in [-0.15, -0.1) is 0 Å². The van der Waals surface area contributed by atoms with Gasteiger partial charge in [0.1, 0.15) is 0 Å². The Kier molecular flexibility index (Phi) is 9.41. The molecule has 11 heteroatoms. The summed E-state index contributed by atoms with van der Waals surface area (Å²) in [7, 11) is -3.25. The smallest absolute Gasteiger partial charge is 0.230 e. The summed E-state index contributed by atoms with van der Waals surface area (Å²) in [6.45, 7) is 6.29.